The Bertz CT molecular complexity index is 912. The molecule has 3 aromatic rings. The van der Waals surface area contributed by atoms with Crippen molar-refractivity contribution < 1.29 is 10.0 Å². The number of pyridine rings is 1. The molecule has 0 bridgehead atoms. The molecule has 3 rings (SSSR count). The Morgan fingerprint density at radius 1 is 1.12 bits per heavy atom. The number of anilines is 1. The van der Waals surface area contributed by atoms with Gasteiger partial charge < -0.3 is 5.32 Å². The number of benzene rings is 2. The lowest BCUT2D eigenvalue weighted by Crippen LogP contribution is -2.18. The van der Waals surface area contributed by atoms with Gasteiger partial charge in [0.1, 0.15) is 0 Å². The van der Waals surface area contributed by atoms with Crippen molar-refractivity contribution in [3.63, 3.8) is 0 Å². The van der Waals surface area contributed by atoms with Crippen LogP contribution < -0.4 is 10.8 Å². The quantitative estimate of drug-likeness (QED) is 0.489. The average Bonchev–Trinajstić information content (AvgIpc) is 2.66. The molecule has 0 aliphatic carbocycles. The van der Waals surface area contributed by atoms with Gasteiger partial charge in [0.25, 0.3) is 5.91 Å². The van der Waals surface area contributed by atoms with E-state index in [2.05, 4.69) is 10.3 Å². The topological polar surface area (TPSA) is 74.2 Å². The van der Waals surface area contributed by atoms with Gasteiger partial charge in [-0.05, 0) is 36.8 Å². The predicted octanol–water partition coefficient (Wildman–Crippen LogP) is 3.87. The van der Waals surface area contributed by atoms with Crippen LogP contribution in [0.2, 0.25) is 0 Å². The molecule has 0 radical (unpaired) electrons. The third kappa shape index (κ3) is 4.02. The van der Waals surface area contributed by atoms with Crippen molar-refractivity contribution in [2.45, 2.75) is 6.92 Å². The maximum atomic E-state index is 11.3. The molecular weight excluding hydrogens is 314 g/mol. The Hall–Kier alpha value is -3.18. The van der Waals surface area contributed by atoms with Crippen molar-refractivity contribution in [2.24, 2.45) is 0 Å². The fourth-order valence-electron chi connectivity index (χ4n) is 2.61. The largest absolute Gasteiger partial charge is 0.380 e. The number of hydrogen-bond donors (Lipinski definition) is 3. The maximum absolute atomic E-state index is 11.3. The number of para-hydroxylation sites is 1. The number of nitrogens with one attached hydrogen (secondary N) is 2. The van der Waals surface area contributed by atoms with Crippen molar-refractivity contribution in [3.8, 4) is 0 Å². The number of carbonyl (C=O) groups is 1. The van der Waals surface area contributed by atoms with Gasteiger partial charge in [-0.1, -0.05) is 42.0 Å². The summed E-state index contributed by atoms with van der Waals surface area (Å²) in [6.07, 6.45) is 3.84. The normalized spacial score (nSPS) is 11.4. The lowest BCUT2D eigenvalue weighted by atomic mass is 10.1. The zero-order valence-electron chi connectivity index (χ0n) is 13.9. The number of carbonyl (C=O) groups excluding carboxylic acids is 1. The summed E-state index contributed by atoms with van der Waals surface area (Å²) in [7, 11) is 0. The molecule has 25 heavy (non-hydrogen) atoms. The molecule has 0 aliphatic rings. The van der Waals surface area contributed by atoms with Crippen molar-refractivity contribution in [3.05, 3.63) is 77.5 Å². The highest BCUT2D eigenvalue weighted by molar-refractivity contribution is 5.93. The fourth-order valence-corrected chi connectivity index (χ4v) is 2.61. The molecule has 0 spiro atoms. The van der Waals surface area contributed by atoms with Gasteiger partial charge in [0, 0.05) is 23.7 Å². The molecule has 0 saturated carbocycles. The van der Waals surface area contributed by atoms with Gasteiger partial charge in [0.05, 0.1) is 11.2 Å². The molecule has 0 aliphatic heterocycles. The van der Waals surface area contributed by atoms with Crippen LogP contribution in [0.5, 0.6) is 0 Å². The van der Waals surface area contributed by atoms with Gasteiger partial charge in [0.15, 0.2) is 0 Å². The summed E-state index contributed by atoms with van der Waals surface area (Å²) in [5, 5.41) is 13.2. The van der Waals surface area contributed by atoms with Crippen LogP contribution in [0.4, 0.5) is 5.69 Å². The molecule has 1 amide bonds. The molecule has 0 saturated heterocycles. The van der Waals surface area contributed by atoms with Gasteiger partial charge in [0.2, 0.25) is 0 Å². The van der Waals surface area contributed by atoms with Crippen LogP contribution in [0.1, 0.15) is 22.8 Å². The molecule has 0 atom stereocenters. The van der Waals surface area contributed by atoms with E-state index in [4.69, 9.17) is 5.21 Å². The minimum Gasteiger partial charge on any atom is -0.380 e. The molecule has 0 unspecified atom stereocenters. The van der Waals surface area contributed by atoms with Crippen LogP contribution in [-0.4, -0.2) is 22.6 Å². The highest BCUT2D eigenvalue weighted by Crippen LogP contribution is 2.21. The third-order valence-electron chi connectivity index (χ3n) is 3.88. The van der Waals surface area contributed by atoms with E-state index in [0.717, 1.165) is 27.7 Å². The molecule has 5 nitrogen and oxygen atoms in total. The van der Waals surface area contributed by atoms with E-state index in [1.165, 1.54) is 0 Å². The Morgan fingerprint density at radius 3 is 2.64 bits per heavy atom. The Kier molecular flexibility index (Phi) is 5.06. The maximum Gasteiger partial charge on any atom is 0.274 e. The van der Waals surface area contributed by atoms with E-state index < -0.39 is 5.91 Å². The minimum atomic E-state index is -0.516. The smallest absolute Gasteiger partial charge is 0.274 e. The van der Waals surface area contributed by atoms with Gasteiger partial charge in [-0.25, -0.2) is 5.48 Å². The Labute approximate surface area is 146 Å². The molecular formula is C20H19N3O2. The summed E-state index contributed by atoms with van der Waals surface area (Å²) < 4.78 is 0. The summed E-state index contributed by atoms with van der Waals surface area (Å²) in [5.41, 5.74) is 6.13. The van der Waals surface area contributed by atoms with E-state index in [0.29, 0.717) is 12.1 Å². The van der Waals surface area contributed by atoms with Crippen LogP contribution >= 0.6 is 0 Å². The number of amides is 1. The van der Waals surface area contributed by atoms with Gasteiger partial charge in [-0.2, -0.15) is 0 Å². The number of aromatic nitrogens is 1. The zero-order chi connectivity index (χ0) is 17.6. The summed E-state index contributed by atoms with van der Waals surface area (Å²) in [6, 6.07) is 17.1. The highest BCUT2D eigenvalue weighted by atomic mass is 16.5. The third-order valence-corrected chi connectivity index (χ3v) is 3.88. The van der Waals surface area contributed by atoms with Crippen molar-refractivity contribution >= 4 is 28.6 Å². The van der Waals surface area contributed by atoms with Crippen LogP contribution in [0.25, 0.3) is 17.0 Å². The van der Waals surface area contributed by atoms with E-state index in [-0.39, 0.29) is 0 Å². The lowest BCUT2D eigenvalue weighted by Gasteiger charge is -2.09. The van der Waals surface area contributed by atoms with Crippen molar-refractivity contribution in [1.82, 2.24) is 10.5 Å². The summed E-state index contributed by atoms with van der Waals surface area (Å²) in [6.45, 7) is 2.73. The van der Waals surface area contributed by atoms with Crippen molar-refractivity contribution in [2.75, 3.05) is 11.9 Å². The second-order valence-electron chi connectivity index (χ2n) is 5.79. The molecule has 1 aromatic heterocycles. The van der Waals surface area contributed by atoms with Crippen molar-refractivity contribution in [1.29, 1.82) is 0 Å². The highest BCUT2D eigenvalue weighted by Gasteiger charge is 2.03. The minimum absolute atomic E-state index is 0.414. The van der Waals surface area contributed by atoms with E-state index in [9.17, 15) is 4.79 Å². The molecule has 0 fully saturated rings. The first-order chi connectivity index (χ1) is 12.2. The van der Waals surface area contributed by atoms with E-state index in [1.54, 1.807) is 23.8 Å². The molecule has 1 heterocycles. The first kappa shape index (κ1) is 16.7. The zero-order valence-corrected chi connectivity index (χ0v) is 13.9. The standard InChI is InChI=1S/C20H19N3O2/c1-14(12-15-7-9-17(10-8-15)20(24)23-25)13-22-18-6-2-4-16-5-3-11-21-19(16)18/h2-12,22,25H,13H2,1H3,(H,23,24). The van der Waals surface area contributed by atoms with Crippen LogP contribution in [0.3, 0.4) is 0 Å². The first-order valence-electron chi connectivity index (χ1n) is 7.96. The monoisotopic (exact) mass is 333 g/mol. The SMILES string of the molecule is CC(=Cc1ccc(C(=O)NO)cc1)CNc1cccc2cccnc12. The molecule has 126 valence electrons. The van der Waals surface area contributed by atoms with Gasteiger partial charge in [-0.15, -0.1) is 0 Å². The second kappa shape index (κ2) is 7.59. The molecule has 5 heteroatoms. The number of hydroxylamine groups is 1. The Morgan fingerprint density at radius 2 is 1.88 bits per heavy atom. The van der Waals surface area contributed by atoms with E-state index in [1.807, 2.05) is 55.5 Å². The number of rotatable bonds is 5. The van der Waals surface area contributed by atoms with E-state index >= 15 is 0 Å². The summed E-state index contributed by atoms with van der Waals surface area (Å²) in [4.78, 5) is 15.8. The first-order valence-corrected chi connectivity index (χ1v) is 7.96. The van der Waals surface area contributed by atoms with Crippen LogP contribution in [-0.2, 0) is 0 Å². The average molecular weight is 333 g/mol. The fraction of sp³-hybridized carbons (Fsp3) is 0.100. The number of nitrogens with zero attached hydrogens (tertiary/aromatic N) is 1. The molecule has 2 aromatic carbocycles. The summed E-state index contributed by atoms with van der Waals surface area (Å²) in [5.74, 6) is -0.516. The van der Waals surface area contributed by atoms with Crippen LogP contribution in [0, 0.1) is 0 Å². The molecule has 3 N–H and O–H groups in total. The summed E-state index contributed by atoms with van der Waals surface area (Å²) >= 11 is 0. The second-order valence-corrected chi connectivity index (χ2v) is 5.79. The van der Waals surface area contributed by atoms with Gasteiger partial charge >= 0.3 is 0 Å². The Balaban J connectivity index is 1.70. The van der Waals surface area contributed by atoms with Gasteiger partial charge in [-0.3, -0.25) is 15.0 Å². The lowest BCUT2D eigenvalue weighted by molar-refractivity contribution is 0.0706. The predicted molar refractivity (Wildman–Crippen MR) is 99.6 cm³/mol. The number of fused-ring (bicyclic) bond motifs is 1. The van der Waals surface area contributed by atoms with Crippen LogP contribution in [0.15, 0.2) is 66.4 Å². The number of hydrogen-bond acceptors (Lipinski definition) is 4.